The van der Waals surface area contributed by atoms with Gasteiger partial charge in [0.25, 0.3) is 0 Å². The molecule has 23 heavy (non-hydrogen) atoms. The number of carbonyl (C=O) groups excluding carboxylic acids is 2. The molecule has 0 amide bonds. The lowest BCUT2D eigenvalue weighted by molar-refractivity contribution is -0.193. The Balaban J connectivity index is 2.15. The van der Waals surface area contributed by atoms with Crippen LogP contribution in [-0.2, 0) is 16.1 Å². The molecule has 0 radical (unpaired) electrons. The van der Waals surface area contributed by atoms with Crippen LogP contribution in [0.4, 0.5) is 13.2 Å². The van der Waals surface area contributed by atoms with Gasteiger partial charge in [-0.2, -0.15) is 13.2 Å². The molecule has 0 atom stereocenters. The first-order valence-corrected chi connectivity index (χ1v) is 6.66. The molecule has 1 fully saturated rings. The summed E-state index contributed by atoms with van der Waals surface area (Å²) < 4.78 is 40.0. The third-order valence-corrected chi connectivity index (χ3v) is 3.29. The fourth-order valence-electron chi connectivity index (χ4n) is 2.17. The van der Waals surface area contributed by atoms with Gasteiger partial charge in [-0.05, 0) is 24.1 Å². The number of hydrogen-bond acceptors (Lipinski definition) is 5. The van der Waals surface area contributed by atoms with Gasteiger partial charge in [0.15, 0.2) is 0 Å². The van der Waals surface area contributed by atoms with Crippen molar-refractivity contribution in [2.75, 3.05) is 6.54 Å². The first-order chi connectivity index (χ1) is 10.7. The fourth-order valence-corrected chi connectivity index (χ4v) is 2.17. The second kappa shape index (κ2) is 6.27. The van der Waals surface area contributed by atoms with E-state index in [0.29, 0.717) is 24.4 Å². The van der Waals surface area contributed by atoms with Crippen LogP contribution in [-0.4, -0.2) is 40.5 Å². The lowest BCUT2D eigenvalue weighted by atomic mass is 10.1. The molecule has 0 spiro atoms. The van der Waals surface area contributed by atoms with Crippen molar-refractivity contribution in [2.45, 2.75) is 25.6 Å². The molecule has 2 rings (SSSR count). The van der Waals surface area contributed by atoms with Crippen molar-refractivity contribution in [1.29, 1.82) is 5.41 Å². The molecular weight excluding hydrogens is 317 g/mol. The van der Waals surface area contributed by atoms with Crippen LogP contribution in [0.2, 0.25) is 0 Å². The van der Waals surface area contributed by atoms with Crippen LogP contribution in [0.5, 0.6) is 5.75 Å². The van der Waals surface area contributed by atoms with Crippen molar-refractivity contribution in [1.82, 2.24) is 4.90 Å². The number of ether oxygens (including phenoxy) is 1. The molecule has 1 aromatic rings. The van der Waals surface area contributed by atoms with Gasteiger partial charge in [-0.25, -0.2) is 9.59 Å². The predicted molar refractivity (Wildman–Crippen MR) is 72.0 cm³/mol. The molecule has 1 heterocycles. The highest BCUT2D eigenvalue weighted by Gasteiger charge is 2.42. The lowest BCUT2D eigenvalue weighted by Gasteiger charge is -2.18. The second-order valence-electron chi connectivity index (χ2n) is 5.00. The molecule has 6 nitrogen and oxygen atoms in total. The molecule has 0 saturated carbocycles. The number of phenolic OH excluding ortho intramolecular Hbond substituents is 1. The third-order valence-electron chi connectivity index (χ3n) is 3.29. The van der Waals surface area contributed by atoms with Crippen LogP contribution in [0.15, 0.2) is 18.2 Å². The van der Waals surface area contributed by atoms with Crippen LogP contribution in [0.25, 0.3) is 0 Å². The number of amidine groups is 1. The highest BCUT2D eigenvalue weighted by molar-refractivity contribution is 6.00. The van der Waals surface area contributed by atoms with Gasteiger partial charge in [0.05, 0.1) is 5.84 Å². The maximum absolute atomic E-state index is 12.1. The number of benzene rings is 1. The van der Waals surface area contributed by atoms with E-state index in [9.17, 15) is 27.9 Å². The molecule has 9 heteroatoms. The van der Waals surface area contributed by atoms with Crippen molar-refractivity contribution in [3.05, 3.63) is 29.3 Å². The van der Waals surface area contributed by atoms with E-state index in [1.807, 2.05) is 0 Å². The molecule has 124 valence electrons. The van der Waals surface area contributed by atoms with Crippen LogP contribution < -0.4 is 0 Å². The van der Waals surface area contributed by atoms with Crippen molar-refractivity contribution in [2.24, 2.45) is 0 Å². The van der Waals surface area contributed by atoms with Gasteiger partial charge in [0.1, 0.15) is 11.3 Å². The molecule has 0 unspecified atom stereocenters. The standard InChI is InChI=1S/C14H13F3N2O4/c15-14(16,17)13(22)23-12(21)9-6-8(3-4-10(9)20)7-19-5-1-2-11(19)18/h3-4,6,18,20H,1-2,5,7H2. The highest BCUT2D eigenvalue weighted by atomic mass is 19.4. The summed E-state index contributed by atoms with van der Waals surface area (Å²) in [5.41, 5.74) is -0.0355. The average Bonchev–Trinajstić information content (AvgIpc) is 2.85. The molecule has 1 aliphatic rings. The minimum atomic E-state index is -5.30. The number of nitrogens with one attached hydrogen (secondary N) is 1. The number of halogens is 3. The number of aromatic hydroxyl groups is 1. The summed E-state index contributed by atoms with van der Waals surface area (Å²) in [6.07, 6.45) is -3.84. The van der Waals surface area contributed by atoms with E-state index in [2.05, 4.69) is 4.74 Å². The monoisotopic (exact) mass is 330 g/mol. The topological polar surface area (TPSA) is 90.7 Å². The maximum atomic E-state index is 12.1. The van der Waals surface area contributed by atoms with E-state index in [1.54, 1.807) is 4.90 Å². The number of hydrogen-bond donors (Lipinski definition) is 2. The van der Waals surface area contributed by atoms with E-state index < -0.39 is 29.4 Å². The SMILES string of the molecule is N=C1CCCN1Cc1ccc(O)c(C(=O)OC(=O)C(F)(F)F)c1. The third kappa shape index (κ3) is 3.99. The van der Waals surface area contributed by atoms with Gasteiger partial charge >= 0.3 is 18.1 Å². The Kier molecular flexibility index (Phi) is 4.57. The Hall–Kier alpha value is -2.58. The molecule has 1 aliphatic heterocycles. The first kappa shape index (κ1) is 16.8. The highest BCUT2D eigenvalue weighted by Crippen LogP contribution is 2.24. The first-order valence-electron chi connectivity index (χ1n) is 6.66. The summed E-state index contributed by atoms with van der Waals surface area (Å²) in [4.78, 5) is 24.0. The summed E-state index contributed by atoms with van der Waals surface area (Å²) in [7, 11) is 0. The Labute approximate surface area is 129 Å². The van der Waals surface area contributed by atoms with Gasteiger partial charge in [-0.1, -0.05) is 6.07 Å². The molecule has 1 saturated heterocycles. The van der Waals surface area contributed by atoms with E-state index in [-0.39, 0.29) is 6.54 Å². The number of phenols is 1. The van der Waals surface area contributed by atoms with Crippen molar-refractivity contribution in [3.8, 4) is 5.75 Å². The van der Waals surface area contributed by atoms with E-state index in [1.165, 1.54) is 6.07 Å². The summed E-state index contributed by atoms with van der Waals surface area (Å²) in [5.74, 6) is -4.39. The predicted octanol–water partition coefficient (Wildman–Crippen LogP) is 2.21. The number of likely N-dealkylation sites (tertiary alicyclic amines) is 1. The zero-order valence-corrected chi connectivity index (χ0v) is 11.8. The van der Waals surface area contributed by atoms with Crippen molar-refractivity contribution < 1.29 is 32.6 Å². The molecule has 0 bridgehead atoms. The molecular formula is C14H13F3N2O4. The Morgan fingerprint density at radius 2 is 2.04 bits per heavy atom. The van der Waals surface area contributed by atoms with Gasteiger partial charge < -0.3 is 14.7 Å². The van der Waals surface area contributed by atoms with E-state index in [4.69, 9.17) is 5.41 Å². The number of nitrogens with zero attached hydrogens (tertiary/aromatic N) is 1. The van der Waals surface area contributed by atoms with Gasteiger partial charge in [-0.15, -0.1) is 0 Å². The Morgan fingerprint density at radius 1 is 1.35 bits per heavy atom. The largest absolute Gasteiger partial charge is 0.507 e. The minimum absolute atomic E-state index is 0.270. The smallest absolute Gasteiger partial charge is 0.491 e. The minimum Gasteiger partial charge on any atom is -0.507 e. The molecule has 0 aliphatic carbocycles. The Bertz CT molecular complexity index is 658. The second-order valence-corrected chi connectivity index (χ2v) is 5.00. The van der Waals surface area contributed by atoms with Crippen LogP contribution >= 0.6 is 0 Å². The number of carbonyl (C=O) groups is 2. The molecule has 1 aromatic carbocycles. The molecule has 2 N–H and O–H groups in total. The zero-order chi connectivity index (χ0) is 17.2. The van der Waals surface area contributed by atoms with Crippen LogP contribution in [0.3, 0.4) is 0 Å². The van der Waals surface area contributed by atoms with Gasteiger partial charge in [-0.3, -0.25) is 5.41 Å². The Morgan fingerprint density at radius 3 is 2.61 bits per heavy atom. The van der Waals surface area contributed by atoms with Crippen molar-refractivity contribution >= 4 is 17.8 Å². The van der Waals surface area contributed by atoms with Crippen molar-refractivity contribution in [3.63, 3.8) is 0 Å². The normalized spacial score (nSPS) is 14.9. The maximum Gasteiger partial charge on any atom is 0.491 e. The quantitative estimate of drug-likeness (QED) is 0.655. The number of rotatable bonds is 3. The summed E-state index contributed by atoms with van der Waals surface area (Å²) in [5, 5.41) is 17.3. The summed E-state index contributed by atoms with van der Waals surface area (Å²) >= 11 is 0. The van der Waals surface area contributed by atoms with E-state index in [0.717, 1.165) is 18.6 Å². The molecule has 0 aromatic heterocycles. The zero-order valence-electron chi connectivity index (χ0n) is 11.8. The fraction of sp³-hybridized carbons (Fsp3) is 0.357. The van der Waals surface area contributed by atoms with E-state index >= 15 is 0 Å². The van der Waals surface area contributed by atoms with Gasteiger partial charge in [0, 0.05) is 19.5 Å². The van der Waals surface area contributed by atoms with Gasteiger partial charge in [0.2, 0.25) is 0 Å². The lowest BCUT2D eigenvalue weighted by Crippen LogP contribution is -2.28. The number of esters is 2. The summed E-state index contributed by atoms with van der Waals surface area (Å²) in [6.45, 7) is 0.929. The summed E-state index contributed by atoms with van der Waals surface area (Å²) in [6, 6.07) is 3.75. The van der Waals surface area contributed by atoms with Crippen LogP contribution in [0.1, 0.15) is 28.8 Å². The number of alkyl halides is 3. The van der Waals surface area contributed by atoms with Crippen LogP contribution in [0, 0.1) is 5.41 Å². The average molecular weight is 330 g/mol.